The second kappa shape index (κ2) is 19.7. The highest BCUT2D eigenvalue weighted by atomic mass is 32.1. The predicted octanol–water partition coefficient (Wildman–Crippen LogP) is 18.7. The van der Waals surface area contributed by atoms with Crippen LogP contribution in [0.25, 0.3) is 43.1 Å². The molecular weight excluding hydrogens is 909 g/mol. The van der Waals surface area contributed by atoms with Gasteiger partial charge in [0, 0.05) is 53.9 Å². The number of hydrogen-bond acceptors (Lipinski definition) is 6. The fraction of sp³-hybridized carbons (Fsp3) is 0.567. The molecule has 0 bridgehead atoms. The van der Waals surface area contributed by atoms with E-state index in [2.05, 4.69) is 90.4 Å². The van der Waals surface area contributed by atoms with Crippen LogP contribution in [0, 0.1) is 23.7 Å². The summed E-state index contributed by atoms with van der Waals surface area (Å²) < 4.78 is 0. The molecule has 8 heteroatoms. The van der Waals surface area contributed by atoms with Crippen molar-refractivity contribution in [2.75, 3.05) is 0 Å². The number of fused-ring (bicyclic) bond motifs is 15. The van der Waals surface area contributed by atoms with Crippen molar-refractivity contribution in [3.8, 4) is 19.5 Å². The zero-order valence-electron chi connectivity index (χ0n) is 42.4. The van der Waals surface area contributed by atoms with Crippen LogP contribution in [0.5, 0.6) is 0 Å². The third kappa shape index (κ3) is 7.47. The summed E-state index contributed by atoms with van der Waals surface area (Å²) in [7, 11) is 0. The molecule has 0 spiro atoms. The Morgan fingerprint density at radius 2 is 0.809 bits per heavy atom. The first-order chi connectivity index (χ1) is 33.2. The maximum absolute atomic E-state index is 15.3. The smallest absolute Gasteiger partial charge is 0.265 e. The zero-order chi connectivity index (χ0) is 47.5. The Kier molecular flexibility index (Phi) is 14.0. The predicted molar refractivity (Wildman–Crippen MR) is 294 cm³/mol. The SMILES string of the molecule is CCCCC(CC)CC1(CC(CC)CCCC)c2ccsc2-c2sc3c(c21)C=CN1C(=O)C2=C4c5sc6c(c5C=CN4C(=O)C2=C31)C(CC(CC)CCCC)(CC(CC)CCCC)c1ccsc1-6. The molecule has 6 aliphatic rings. The number of thiophene rings is 4. The molecule has 4 nitrogen and oxygen atoms in total. The van der Waals surface area contributed by atoms with E-state index >= 15 is 9.59 Å². The van der Waals surface area contributed by atoms with Gasteiger partial charge in [-0.1, -0.05) is 158 Å². The largest absolute Gasteiger partial charge is 0.281 e. The minimum absolute atomic E-state index is 0.0512. The van der Waals surface area contributed by atoms with E-state index in [1.54, 1.807) is 11.1 Å². The van der Waals surface area contributed by atoms with E-state index in [-0.39, 0.29) is 22.6 Å². The summed E-state index contributed by atoms with van der Waals surface area (Å²) in [5.74, 6) is 2.46. The van der Waals surface area contributed by atoms with Gasteiger partial charge < -0.3 is 0 Å². The van der Waals surface area contributed by atoms with Crippen molar-refractivity contribution in [1.82, 2.24) is 9.80 Å². The molecule has 10 rings (SSSR count). The molecule has 0 aromatic carbocycles. The number of amides is 2. The highest BCUT2D eigenvalue weighted by Gasteiger charge is 2.56. The van der Waals surface area contributed by atoms with Crippen molar-refractivity contribution < 1.29 is 9.59 Å². The zero-order valence-corrected chi connectivity index (χ0v) is 45.7. The standard InChI is InChI=1S/C60H76N2O2S4/c1-9-17-21-37(13-5)33-59(34-38(14-6)22-18-10-2)43-27-31-65-53(43)55-47(59)41-25-29-61-49(51(41)67-55)45-46(58(61)64)50-52-42(26-30-62(50)57(45)63)48-56(68-52)54-44(28-32-66-54)60(48,35-39(15-7)23-19-11-3)36-40(16-8)24-20-12-4/h25-32,37-40H,9-24,33-36H2,1-8H3. The lowest BCUT2D eigenvalue weighted by Gasteiger charge is -2.39. The summed E-state index contributed by atoms with van der Waals surface area (Å²) in [5, 5.41) is 4.67. The van der Waals surface area contributed by atoms with Crippen molar-refractivity contribution >= 4 is 80.7 Å². The van der Waals surface area contributed by atoms with Crippen LogP contribution in [0.4, 0.5) is 0 Å². The Balaban J connectivity index is 1.14. The summed E-state index contributed by atoms with van der Waals surface area (Å²) >= 11 is 7.54. The molecule has 0 radical (unpaired) electrons. The Labute approximate surface area is 424 Å². The summed E-state index contributed by atoms with van der Waals surface area (Å²) in [4.78, 5) is 42.2. The average molecular weight is 986 g/mol. The first kappa shape index (κ1) is 48.3. The second-order valence-corrected chi connectivity index (χ2v) is 25.4. The minimum Gasteiger partial charge on any atom is -0.281 e. The second-order valence-electron chi connectivity index (χ2n) is 21.5. The van der Waals surface area contributed by atoms with Crippen LogP contribution in [-0.4, -0.2) is 21.6 Å². The van der Waals surface area contributed by atoms with E-state index in [1.165, 1.54) is 144 Å². The van der Waals surface area contributed by atoms with Gasteiger partial charge in [-0.15, -0.1) is 45.3 Å². The molecule has 0 N–H and O–H groups in total. The first-order valence-corrected chi connectivity index (χ1v) is 30.6. The van der Waals surface area contributed by atoms with Crippen LogP contribution < -0.4 is 0 Å². The highest BCUT2D eigenvalue weighted by molar-refractivity contribution is 7.23. The van der Waals surface area contributed by atoms with Crippen LogP contribution >= 0.6 is 45.3 Å². The maximum Gasteiger partial charge on any atom is 0.265 e. The van der Waals surface area contributed by atoms with Crippen LogP contribution in [0.1, 0.15) is 227 Å². The van der Waals surface area contributed by atoms with Crippen LogP contribution in [0.3, 0.4) is 0 Å². The lowest BCUT2D eigenvalue weighted by molar-refractivity contribution is -0.122. The fourth-order valence-corrected chi connectivity index (χ4v) is 19.1. The highest BCUT2D eigenvalue weighted by Crippen LogP contribution is 2.67. The number of unbranched alkanes of at least 4 members (excludes halogenated alkanes) is 4. The van der Waals surface area contributed by atoms with Gasteiger partial charge in [0.15, 0.2) is 0 Å². The van der Waals surface area contributed by atoms with Gasteiger partial charge in [0.2, 0.25) is 0 Å². The molecule has 0 fully saturated rings. The Morgan fingerprint density at radius 1 is 0.471 bits per heavy atom. The molecule has 2 aliphatic carbocycles. The van der Waals surface area contributed by atoms with E-state index < -0.39 is 0 Å². The molecule has 8 heterocycles. The van der Waals surface area contributed by atoms with Gasteiger partial charge in [-0.3, -0.25) is 19.4 Å². The van der Waals surface area contributed by atoms with Gasteiger partial charge in [0.05, 0.1) is 32.3 Å². The molecule has 4 atom stereocenters. The molecule has 4 aromatic rings. The molecule has 0 saturated heterocycles. The van der Waals surface area contributed by atoms with Crippen LogP contribution in [0.15, 0.2) is 46.4 Å². The lowest BCUT2D eigenvalue weighted by Crippen LogP contribution is -2.32. The normalized spacial score (nSPS) is 22.1. The van der Waals surface area contributed by atoms with E-state index in [4.69, 9.17) is 0 Å². The number of carbonyl (C=O) groups excluding carboxylic acids is 2. The summed E-state index contributed by atoms with van der Waals surface area (Å²) in [6.07, 6.45) is 33.1. The van der Waals surface area contributed by atoms with Crippen molar-refractivity contribution in [2.24, 2.45) is 23.7 Å². The Morgan fingerprint density at radius 3 is 1.12 bits per heavy atom. The average Bonchev–Trinajstić information content (AvgIpc) is 4.23. The van der Waals surface area contributed by atoms with Gasteiger partial charge >= 0.3 is 0 Å². The van der Waals surface area contributed by atoms with E-state index in [9.17, 15) is 0 Å². The summed E-state index contributed by atoms with van der Waals surface area (Å²) in [5.41, 5.74) is 11.3. The van der Waals surface area contributed by atoms with Crippen molar-refractivity contribution in [2.45, 2.75) is 195 Å². The van der Waals surface area contributed by atoms with Crippen molar-refractivity contribution in [3.63, 3.8) is 0 Å². The number of rotatable bonds is 24. The molecular formula is C60H76N2O2S4. The van der Waals surface area contributed by atoms with E-state index in [0.717, 1.165) is 46.8 Å². The van der Waals surface area contributed by atoms with Crippen LogP contribution in [0.2, 0.25) is 0 Å². The lowest BCUT2D eigenvalue weighted by atomic mass is 9.64. The summed E-state index contributed by atoms with van der Waals surface area (Å²) in [6.45, 7) is 19.0. The molecule has 362 valence electrons. The van der Waals surface area contributed by atoms with Gasteiger partial charge in [0.25, 0.3) is 11.8 Å². The van der Waals surface area contributed by atoms with Gasteiger partial charge in [-0.25, -0.2) is 0 Å². The number of carbonyl (C=O) groups is 2. The van der Waals surface area contributed by atoms with Crippen molar-refractivity contribution in [3.05, 3.63) is 89.6 Å². The van der Waals surface area contributed by atoms with E-state index in [1.807, 2.05) is 67.5 Å². The molecule has 4 unspecified atom stereocenters. The number of nitrogens with zero attached hydrogens (tertiary/aromatic N) is 2. The topological polar surface area (TPSA) is 40.6 Å². The maximum atomic E-state index is 15.3. The van der Waals surface area contributed by atoms with E-state index in [0.29, 0.717) is 34.8 Å². The first-order valence-electron chi connectivity index (χ1n) is 27.2. The number of hydrogen-bond donors (Lipinski definition) is 0. The van der Waals surface area contributed by atoms with Crippen molar-refractivity contribution in [1.29, 1.82) is 0 Å². The Bertz CT molecular complexity index is 2470. The van der Waals surface area contributed by atoms with Gasteiger partial charge in [0.1, 0.15) is 0 Å². The minimum atomic E-state index is -0.0840. The monoisotopic (exact) mass is 984 g/mol. The molecule has 4 aliphatic heterocycles. The fourth-order valence-electron chi connectivity index (χ4n) is 13.9. The molecule has 4 aromatic heterocycles. The Hall–Kier alpha value is -3.30. The van der Waals surface area contributed by atoms with Gasteiger partial charge in [-0.2, -0.15) is 0 Å². The van der Waals surface area contributed by atoms with Gasteiger partial charge in [-0.05, 0) is 107 Å². The quantitative estimate of drug-likeness (QED) is 0.0702. The summed E-state index contributed by atoms with van der Waals surface area (Å²) in [6, 6.07) is 4.94. The van der Waals surface area contributed by atoms with Crippen LogP contribution in [-0.2, 0) is 20.4 Å². The molecule has 68 heavy (non-hydrogen) atoms. The third-order valence-electron chi connectivity index (χ3n) is 17.6. The molecule has 0 saturated carbocycles. The third-order valence-corrected chi connectivity index (χ3v) is 22.2. The molecule has 2 amide bonds.